The number of aromatic nitrogens is 2. The highest BCUT2D eigenvalue weighted by atomic mass is 16.5. The molecule has 0 radical (unpaired) electrons. The number of hydrogen-bond acceptors (Lipinski definition) is 5. The lowest BCUT2D eigenvalue weighted by molar-refractivity contribution is 0.377. The molecule has 0 unspecified atom stereocenters. The number of rotatable bonds is 3. The largest absolute Gasteiger partial charge is 0.495 e. The van der Waals surface area contributed by atoms with Gasteiger partial charge in [0.25, 0.3) is 0 Å². The molecule has 2 N–H and O–H groups in total. The van der Waals surface area contributed by atoms with Crippen molar-refractivity contribution in [2.24, 2.45) is 0 Å². The van der Waals surface area contributed by atoms with Crippen LogP contribution in [0.5, 0.6) is 5.88 Å². The molecule has 80 valence electrons. The van der Waals surface area contributed by atoms with Crippen molar-refractivity contribution in [3.05, 3.63) is 12.0 Å². The molecule has 1 aliphatic rings. The average molecular weight is 208 g/mol. The average Bonchev–Trinajstić information content (AvgIpc) is 2.14. The highest BCUT2D eigenvalue weighted by Crippen LogP contribution is 2.34. The van der Waals surface area contributed by atoms with Gasteiger partial charge < -0.3 is 14.8 Å². The molecule has 0 bridgehead atoms. The first-order valence-electron chi connectivity index (χ1n) is 4.99. The fraction of sp³-hybridized carbons (Fsp3) is 0.556. The van der Waals surface area contributed by atoms with E-state index in [-0.39, 0.29) is 5.88 Å². The summed E-state index contributed by atoms with van der Waals surface area (Å²) in [6.45, 7) is 0. The summed E-state index contributed by atoms with van der Waals surface area (Å²) in [5.41, 5.74) is 1.02. The Kier molecular flexibility index (Phi) is 2.88. The Morgan fingerprint density at radius 3 is 2.60 bits per heavy atom. The van der Waals surface area contributed by atoms with Crippen molar-refractivity contribution >= 4 is 12.6 Å². The lowest BCUT2D eigenvalue weighted by Crippen LogP contribution is -2.37. The highest BCUT2D eigenvalue weighted by molar-refractivity contribution is 6.60. The quantitative estimate of drug-likeness (QED) is 0.650. The SMILES string of the molecule is COc1ncnc(C2CCC2)c1B(O)O. The molecule has 1 aromatic rings. The van der Waals surface area contributed by atoms with Gasteiger partial charge in [-0.25, -0.2) is 9.97 Å². The highest BCUT2D eigenvalue weighted by Gasteiger charge is 2.31. The molecule has 15 heavy (non-hydrogen) atoms. The standard InChI is InChI=1S/C9H13BN2O3/c1-15-9-7(10(13)14)8(11-5-12-9)6-3-2-4-6/h5-6,13-14H,2-4H2,1H3. The third-order valence-corrected chi connectivity index (χ3v) is 2.82. The summed E-state index contributed by atoms with van der Waals surface area (Å²) in [7, 11) is -0.115. The van der Waals surface area contributed by atoms with Crippen LogP contribution in [-0.2, 0) is 0 Å². The second-order valence-electron chi connectivity index (χ2n) is 3.68. The maximum atomic E-state index is 9.28. The minimum atomic E-state index is -1.57. The maximum Gasteiger partial charge on any atom is 0.495 e. The van der Waals surface area contributed by atoms with Crippen molar-refractivity contribution in [2.75, 3.05) is 7.11 Å². The molecule has 0 saturated heterocycles. The number of nitrogens with zero attached hydrogens (tertiary/aromatic N) is 2. The molecule has 0 spiro atoms. The van der Waals surface area contributed by atoms with Gasteiger partial charge in [0, 0.05) is 5.92 Å². The van der Waals surface area contributed by atoms with E-state index in [1.165, 1.54) is 13.4 Å². The van der Waals surface area contributed by atoms with E-state index in [2.05, 4.69) is 9.97 Å². The van der Waals surface area contributed by atoms with Crippen LogP contribution >= 0.6 is 0 Å². The van der Waals surface area contributed by atoms with Crippen LogP contribution in [0.25, 0.3) is 0 Å². The van der Waals surface area contributed by atoms with Gasteiger partial charge in [0.05, 0.1) is 18.3 Å². The smallest absolute Gasteiger partial charge is 0.481 e. The molecule has 0 atom stereocenters. The molecule has 0 amide bonds. The number of methoxy groups -OCH3 is 1. The molecule has 1 aliphatic carbocycles. The summed E-state index contributed by atoms with van der Waals surface area (Å²) in [6.07, 6.45) is 4.65. The van der Waals surface area contributed by atoms with Crippen LogP contribution in [0.2, 0.25) is 0 Å². The number of ether oxygens (including phenoxy) is 1. The maximum absolute atomic E-state index is 9.28. The molecule has 2 rings (SSSR count). The van der Waals surface area contributed by atoms with Gasteiger partial charge in [-0.1, -0.05) is 6.42 Å². The summed E-state index contributed by atoms with van der Waals surface area (Å²) in [5.74, 6) is 0.570. The van der Waals surface area contributed by atoms with Crippen molar-refractivity contribution in [1.29, 1.82) is 0 Å². The normalized spacial score (nSPS) is 15.9. The van der Waals surface area contributed by atoms with Gasteiger partial charge in [-0.2, -0.15) is 0 Å². The Labute approximate surface area is 88.3 Å². The molecule has 1 aromatic heterocycles. The lowest BCUT2D eigenvalue weighted by Gasteiger charge is -2.26. The van der Waals surface area contributed by atoms with E-state index in [1.54, 1.807) is 0 Å². The van der Waals surface area contributed by atoms with E-state index >= 15 is 0 Å². The predicted molar refractivity (Wildman–Crippen MR) is 55.0 cm³/mol. The molecular weight excluding hydrogens is 195 g/mol. The van der Waals surface area contributed by atoms with Crippen molar-refractivity contribution in [2.45, 2.75) is 25.2 Å². The first-order chi connectivity index (χ1) is 7.24. The lowest BCUT2D eigenvalue weighted by atomic mass is 9.72. The third kappa shape index (κ3) is 1.82. The molecular formula is C9H13BN2O3. The summed E-state index contributed by atoms with van der Waals surface area (Å²) in [5, 5.41) is 18.6. The van der Waals surface area contributed by atoms with Gasteiger partial charge in [-0.15, -0.1) is 0 Å². The van der Waals surface area contributed by atoms with Gasteiger partial charge in [0.2, 0.25) is 5.88 Å². The van der Waals surface area contributed by atoms with Gasteiger partial charge in [-0.3, -0.25) is 0 Å². The van der Waals surface area contributed by atoms with E-state index < -0.39 is 7.12 Å². The van der Waals surface area contributed by atoms with Crippen LogP contribution in [0.4, 0.5) is 0 Å². The minimum absolute atomic E-state index is 0.252. The van der Waals surface area contributed by atoms with Crippen LogP contribution in [-0.4, -0.2) is 34.2 Å². The third-order valence-electron chi connectivity index (χ3n) is 2.82. The van der Waals surface area contributed by atoms with Crippen LogP contribution in [0.3, 0.4) is 0 Å². The van der Waals surface area contributed by atoms with E-state index in [0.717, 1.165) is 19.3 Å². The van der Waals surface area contributed by atoms with Gasteiger partial charge in [0.1, 0.15) is 6.33 Å². The molecule has 0 aliphatic heterocycles. The topological polar surface area (TPSA) is 75.5 Å². The molecule has 0 aromatic carbocycles. The van der Waals surface area contributed by atoms with Crippen molar-refractivity contribution < 1.29 is 14.8 Å². The Bertz CT molecular complexity index is 355. The first-order valence-corrected chi connectivity index (χ1v) is 4.99. The Morgan fingerprint density at radius 2 is 2.13 bits per heavy atom. The predicted octanol–water partition coefficient (Wildman–Crippen LogP) is -0.568. The van der Waals surface area contributed by atoms with Crippen LogP contribution in [0, 0.1) is 0 Å². The fourth-order valence-corrected chi connectivity index (χ4v) is 1.80. The van der Waals surface area contributed by atoms with Gasteiger partial charge in [-0.05, 0) is 12.8 Å². The van der Waals surface area contributed by atoms with E-state index in [1.807, 2.05) is 0 Å². The van der Waals surface area contributed by atoms with E-state index in [9.17, 15) is 10.0 Å². The summed E-state index contributed by atoms with van der Waals surface area (Å²) in [6, 6.07) is 0. The second kappa shape index (κ2) is 4.16. The van der Waals surface area contributed by atoms with Gasteiger partial charge in [0.15, 0.2) is 0 Å². The van der Waals surface area contributed by atoms with Crippen LogP contribution in [0.1, 0.15) is 30.9 Å². The molecule has 1 heterocycles. The summed E-state index contributed by atoms with van der Waals surface area (Å²) < 4.78 is 4.99. The fourth-order valence-electron chi connectivity index (χ4n) is 1.80. The summed E-state index contributed by atoms with van der Waals surface area (Å²) in [4.78, 5) is 7.99. The van der Waals surface area contributed by atoms with Crippen molar-refractivity contribution in [1.82, 2.24) is 9.97 Å². The Morgan fingerprint density at radius 1 is 1.40 bits per heavy atom. The Balaban J connectivity index is 2.42. The van der Waals surface area contributed by atoms with Crippen LogP contribution < -0.4 is 10.2 Å². The zero-order chi connectivity index (χ0) is 10.8. The Hall–Kier alpha value is -1.14. The minimum Gasteiger partial charge on any atom is -0.481 e. The molecule has 6 heteroatoms. The van der Waals surface area contributed by atoms with Crippen molar-refractivity contribution in [3.63, 3.8) is 0 Å². The van der Waals surface area contributed by atoms with E-state index in [0.29, 0.717) is 17.1 Å². The first kappa shape index (κ1) is 10.4. The van der Waals surface area contributed by atoms with Crippen molar-refractivity contribution in [3.8, 4) is 5.88 Å². The molecule has 1 saturated carbocycles. The summed E-state index contributed by atoms with van der Waals surface area (Å²) >= 11 is 0. The van der Waals surface area contributed by atoms with Gasteiger partial charge >= 0.3 is 7.12 Å². The monoisotopic (exact) mass is 208 g/mol. The molecule has 5 nitrogen and oxygen atoms in total. The van der Waals surface area contributed by atoms with E-state index in [4.69, 9.17) is 4.74 Å². The number of hydrogen-bond donors (Lipinski definition) is 2. The molecule has 1 fully saturated rings. The zero-order valence-corrected chi connectivity index (χ0v) is 8.55. The zero-order valence-electron chi connectivity index (χ0n) is 8.55. The second-order valence-corrected chi connectivity index (χ2v) is 3.68. The van der Waals surface area contributed by atoms with Crippen LogP contribution in [0.15, 0.2) is 6.33 Å².